The van der Waals surface area contributed by atoms with Crippen LogP contribution in [0, 0.1) is 5.82 Å². The molecule has 0 aromatic heterocycles. The number of hydrogen-bond acceptors (Lipinski definition) is 3. The number of halogens is 1. The van der Waals surface area contributed by atoms with Gasteiger partial charge in [-0.25, -0.2) is 4.39 Å². The molecular formula is C17H15FN2O3. The van der Waals surface area contributed by atoms with E-state index in [0.29, 0.717) is 17.0 Å². The Kier molecular flexibility index (Phi) is 5.09. The Hall–Kier alpha value is -3.15. The van der Waals surface area contributed by atoms with E-state index in [1.807, 2.05) is 0 Å². The molecule has 0 atom stereocenters. The fraction of sp³-hybridized carbons (Fsp3) is 0.0588. The van der Waals surface area contributed by atoms with E-state index in [1.54, 1.807) is 24.3 Å². The number of rotatable bonds is 5. The zero-order valence-electron chi connectivity index (χ0n) is 12.4. The summed E-state index contributed by atoms with van der Waals surface area (Å²) in [5.74, 6) is -1.17. The van der Waals surface area contributed by atoms with Gasteiger partial charge in [-0.1, -0.05) is 18.2 Å². The Morgan fingerprint density at radius 3 is 2.48 bits per heavy atom. The molecule has 0 spiro atoms. The van der Waals surface area contributed by atoms with Gasteiger partial charge in [0.25, 0.3) is 0 Å². The van der Waals surface area contributed by atoms with Gasteiger partial charge in [0.2, 0.25) is 11.8 Å². The monoisotopic (exact) mass is 314 g/mol. The molecule has 0 fully saturated rings. The van der Waals surface area contributed by atoms with E-state index < -0.39 is 17.6 Å². The Bertz CT molecular complexity index is 755. The summed E-state index contributed by atoms with van der Waals surface area (Å²) >= 11 is 0. The van der Waals surface area contributed by atoms with Crippen LogP contribution < -0.4 is 15.8 Å². The molecule has 0 heterocycles. The van der Waals surface area contributed by atoms with Crippen LogP contribution in [0.25, 0.3) is 5.57 Å². The minimum atomic E-state index is -0.780. The molecule has 0 aliphatic heterocycles. The predicted octanol–water partition coefficient (Wildman–Crippen LogP) is 2.34. The maximum atomic E-state index is 12.9. The normalized spacial score (nSPS) is 11.0. The first-order valence-electron chi connectivity index (χ1n) is 6.72. The van der Waals surface area contributed by atoms with Crippen molar-refractivity contribution in [2.75, 3.05) is 12.4 Å². The van der Waals surface area contributed by atoms with Gasteiger partial charge in [0.05, 0.1) is 12.7 Å². The minimum absolute atomic E-state index is 0.00889. The average molecular weight is 314 g/mol. The maximum Gasteiger partial charge on any atom is 0.249 e. The molecule has 2 aromatic carbocycles. The van der Waals surface area contributed by atoms with Crippen molar-refractivity contribution in [3.05, 3.63) is 66.0 Å². The molecular weight excluding hydrogens is 299 g/mol. The number of carbonyl (C=O) groups excluding carboxylic acids is 2. The Morgan fingerprint density at radius 1 is 1.17 bits per heavy atom. The van der Waals surface area contributed by atoms with Crippen molar-refractivity contribution >= 4 is 23.1 Å². The lowest BCUT2D eigenvalue weighted by molar-refractivity contribution is -0.114. The summed E-state index contributed by atoms with van der Waals surface area (Å²) in [6.45, 7) is 0. The molecule has 0 radical (unpaired) electrons. The van der Waals surface area contributed by atoms with Gasteiger partial charge < -0.3 is 15.8 Å². The third-order valence-corrected chi connectivity index (χ3v) is 3.03. The number of ether oxygens (including phenoxy) is 1. The van der Waals surface area contributed by atoms with Crippen molar-refractivity contribution in [3.63, 3.8) is 0 Å². The van der Waals surface area contributed by atoms with E-state index in [4.69, 9.17) is 10.5 Å². The standard InChI is InChI=1S/C17H15FN2O3/c1-23-14-4-2-3-13(9-14)20-16(21)10-15(17(19)22)11-5-7-12(18)8-6-11/h2-10H,1H3,(H2,19,22)(H,20,21)/b15-10-. The first-order chi connectivity index (χ1) is 11.0. The third-order valence-electron chi connectivity index (χ3n) is 3.03. The van der Waals surface area contributed by atoms with Crippen molar-refractivity contribution in [2.24, 2.45) is 5.73 Å². The molecule has 0 bridgehead atoms. The van der Waals surface area contributed by atoms with Crippen LogP contribution in [0.5, 0.6) is 5.75 Å². The summed E-state index contributed by atoms with van der Waals surface area (Å²) in [6, 6.07) is 11.9. The second kappa shape index (κ2) is 7.22. The highest BCUT2D eigenvalue weighted by molar-refractivity contribution is 6.24. The average Bonchev–Trinajstić information content (AvgIpc) is 2.53. The van der Waals surface area contributed by atoms with Crippen LogP contribution in [-0.2, 0) is 9.59 Å². The number of nitrogens with one attached hydrogen (secondary N) is 1. The van der Waals surface area contributed by atoms with E-state index in [9.17, 15) is 14.0 Å². The van der Waals surface area contributed by atoms with Crippen molar-refractivity contribution in [2.45, 2.75) is 0 Å². The van der Waals surface area contributed by atoms with Gasteiger partial charge in [-0.15, -0.1) is 0 Å². The number of methoxy groups -OCH3 is 1. The molecule has 0 aliphatic rings. The summed E-state index contributed by atoms with van der Waals surface area (Å²) in [4.78, 5) is 23.6. The number of primary amides is 1. The van der Waals surface area contributed by atoms with Gasteiger partial charge in [0, 0.05) is 17.8 Å². The molecule has 0 saturated heterocycles. The molecule has 2 rings (SSSR count). The van der Waals surface area contributed by atoms with Crippen LogP contribution in [0.15, 0.2) is 54.6 Å². The topological polar surface area (TPSA) is 81.4 Å². The van der Waals surface area contributed by atoms with Gasteiger partial charge >= 0.3 is 0 Å². The van der Waals surface area contributed by atoms with Crippen molar-refractivity contribution < 1.29 is 18.7 Å². The quantitative estimate of drug-likeness (QED) is 0.831. The molecule has 6 heteroatoms. The van der Waals surface area contributed by atoms with Crippen LogP contribution in [-0.4, -0.2) is 18.9 Å². The molecule has 0 unspecified atom stereocenters. The smallest absolute Gasteiger partial charge is 0.249 e. The van der Waals surface area contributed by atoms with Crippen molar-refractivity contribution in [1.29, 1.82) is 0 Å². The van der Waals surface area contributed by atoms with Crippen molar-refractivity contribution in [1.82, 2.24) is 0 Å². The first kappa shape index (κ1) is 16.2. The predicted molar refractivity (Wildman–Crippen MR) is 85.2 cm³/mol. The molecule has 0 aliphatic carbocycles. The highest BCUT2D eigenvalue weighted by atomic mass is 19.1. The minimum Gasteiger partial charge on any atom is -0.497 e. The van der Waals surface area contributed by atoms with E-state index in [0.717, 1.165) is 6.08 Å². The summed E-state index contributed by atoms with van der Waals surface area (Å²) in [5, 5.41) is 2.61. The van der Waals surface area contributed by atoms with Gasteiger partial charge in [0.1, 0.15) is 11.6 Å². The third kappa shape index (κ3) is 4.41. The van der Waals surface area contributed by atoms with Crippen LogP contribution in [0.3, 0.4) is 0 Å². The highest BCUT2D eigenvalue weighted by Gasteiger charge is 2.11. The summed E-state index contributed by atoms with van der Waals surface area (Å²) < 4.78 is 18.0. The summed E-state index contributed by atoms with van der Waals surface area (Å²) in [6.07, 6.45) is 1.08. The molecule has 3 N–H and O–H groups in total. The lowest BCUT2D eigenvalue weighted by Gasteiger charge is -2.07. The molecule has 118 valence electrons. The molecule has 2 aromatic rings. The highest BCUT2D eigenvalue weighted by Crippen LogP contribution is 2.18. The fourth-order valence-electron chi connectivity index (χ4n) is 1.94. The Labute approximate surface area is 132 Å². The van der Waals surface area contributed by atoms with E-state index >= 15 is 0 Å². The molecule has 23 heavy (non-hydrogen) atoms. The zero-order valence-corrected chi connectivity index (χ0v) is 12.4. The van der Waals surface area contributed by atoms with Gasteiger partial charge in [0.15, 0.2) is 0 Å². The molecule has 2 amide bonds. The molecule has 5 nitrogen and oxygen atoms in total. The van der Waals surface area contributed by atoms with E-state index in [1.165, 1.54) is 31.4 Å². The first-order valence-corrected chi connectivity index (χ1v) is 6.72. The Balaban J connectivity index is 2.23. The number of amides is 2. The van der Waals surface area contributed by atoms with Crippen LogP contribution in [0.4, 0.5) is 10.1 Å². The lowest BCUT2D eigenvalue weighted by Crippen LogP contribution is -2.17. The van der Waals surface area contributed by atoms with E-state index in [-0.39, 0.29) is 5.57 Å². The van der Waals surface area contributed by atoms with Gasteiger partial charge in [-0.3, -0.25) is 9.59 Å². The van der Waals surface area contributed by atoms with Crippen LogP contribution >= 0.6 is 0 Å². The largest absolute Gasteiger partial charge is 0.497 e. The second-order valence-corrected chi connectivity index (χ2v) is 4.65. The molecule has 0 saturated carbocycles. The van der Waals surface area contributed by atoms with Crippen LogP contribution in [0.2, 0.25) is 0 Å². The number of anilines is 1. The fourth-order valence-corrected chi connectivity index (χ4v) is 1.94. The summed E-state index contributed by atoms with van der Waals surface area (Å²) in [7, 11) is 1.51. The Morgan fingerprint density at radius 2 is 1.87 bits per heavy atom. The SMILES string of the molecule is COc1cccc(NC(=O)/C=C(\C(N)=O)c2ccc(F)cc2)c1. The van der Waals surface area contributed by atoms with Gasteiger partial charge in [-0.05, 0) is 29.8 Å². The number of carbonyl (C=O) groups is 2. The summed E-state index contributed by atoms with van der Waals surface area (Å²) in [5.41, 5.74) is 6.15. The maximum absolute atomic E-state index is 12.9. The lowest BCUT2D eigenvalue weighted by atomic mass is 10.0. The number of benzene rings is 2. The number of hydrogen-bond donors (Lipinski definition) is 2. The van der Waals surface area contributed by atoms with E-state index in [2.05, 4.69) is 5.32 Å². The van der Waals surface area contributed by atoms with Gasteiger partial charge in [-0.2, -0.15) is 0 Å². The second-order valence-electron chi connectivity index (χ2n) is 4.65. The van der Waals surface area contributed by atoms with Crippen LogP contribution in [0.1, 0.15) is 5.56 Å². The zero-order chi connectivity index (χ0) is 16.8. The van der Waals surface area contributed by atoms with Crippen molar-refractivity contribution in [3.8, 4) is 5.75 Å². The number of nitrogens with two attached hydrogens (primary N) is 1.